The van der Waals surface area contributed by atoms with Crippen LogP contribution in [0, 0.1) is 0 Å². The van der Waals surface area contributed by atoms with Gasteiger partial charge in [-0.2, -0.15) is 5.10 Å². The number of nitrogens with zero attached hydrogens (tertiary/aromatic N) is 4. The molecule has 1 aromatic heterocycles. The van der Waals surface area contributed by atoms with Crippen LogP contribution in [0.25, 0.3) is 0 Å². The first kappa shape index (κ1) is 22.9. The smallest absolute Gasteiger partial charge is 0.253 e. The molecule has 0 atom stereocenters. The maximum absolute atomic E-state index is 12.0. The van der Waals surface area contributed by atoms with Gasteiger partial charge in [-0.3, -0.25) is 14.5 Å². The fourth-order valence-corrected chi connectivity index (χ4v) is 2.59. The molecule has 0 aliphatic heterocycles. The molecule has 2 N–H and O–H groups in total. The first-order chi connectivity index (χ1) is 12.5. The fourth-order valence-electron chi connectivity index (χ4n) is 2.59. The van der Waals surface area contributed by atoms with Crippen molar-refractivity contribution < 1.29 is 4.79 Å². The van der Waals surface area contributed by atoms with Crippen molar-refractivity contribution in [1.29, 1.82) is 0 Å². The third-order valence-corrected chi connectivity index (χ3v) is 3.97. The molecular formula is C19H29IN6O. The van der Waals surface area contributed by atoms with Gasteiger partial charge in [-0.15, -0.1) is 24.0 Å². The molecule has 0 bridgehead atoms. The zero-order valence-electron chi connectivity index (χ0n) is 16.4. The Morgan fingerprint density at radius 2 is 1.85 bits per heavy atom. The predicted octanol–water partition coefficient (Wildman–Crippen LogP) is 1.69. The first-order valence-electron chi connectivity index (χ1n) is 8.72. The summed E-state index contributed by atoms with van der Waals surface area (Å²) in [6.07, 6.45) is 5.60. The average molecular weight is 484 g/mol. The van der Waals surface area contributed by atoms with Gasteiger partial charge in [0.1, 0.15) is 0 Å². The average Bonchev–Trinajstić information content (AvgIpc) is 3.05. The van der Waals surface area contributed by atoms with Crippen molar-refractivity contribution in [2.24, 2.45) is 12.0 Å². The van der Waals surface area contributed by atoms with E-state index in [-0.39, 0.29) is 29.9 Å². The van der Waals surface area contributed by atoms with Crippen LogP contribution in [0.2, 0.25) is 0 Å². The van der Waals surface area contributed by atoms with Gasteiger partial charge in [-0.05, 0) is 36.1 Å². The molecule has 1 amide bonds. The Bertz CT molecular complexity index is 756. The van der Waals surface area contributed by atoms with Gasteiger partial charge in [0.05, 0.1) is 6.20 Å². The summed E-state index contributed by atoms with van der Waals surface area (Å²) in [5, 5.41) is 10.8. The molecule has 0 saturated heterocycles. The summed E-state index contributed by atoms with van der Waals surface area (Å²) in [5.41, 5.74) is 3.03. The second-order valence-corrected chi connectivity index (χ2v) is 6.35. The molecule has 1 heterocycles. The van der Waals surface area contributed by atoms with E-state index in [2.05, 4.69) is 20.7 Å². The van der Waals surface area contributed by atoms with E-state index < -0.39 is 0 Å². The normalized spacial score (nSPS) is 10.9. The lowest BCUT2D eigenvalue weighted by atomic mass is 10.1. The number of hydrogen-bond acceptors (Lipinski definition) is 3. The fraction of sp³-hybridized carbons (Fsp3) is 0.421. The van der Waals surface area contributed by atoms with Crippen molar-refractivity contribution in [3.63, 3.8) is 0 Å². The van der Waals surface area contributed by atoms with Crippen molar-refractivity contribution in [2.75, 3.05) is 34.2 Å². The molecule has 7 nitrogen and oxygen atoms in total. The lowest BCUT2D eigenvalue weighted by Gasteiger charge is -2.13. The highest BCUT2D eigenvalue weighted by Gasteiger charge is 2.08. The van der Waals surface area contributed by atoms with Crippen molar-refractivity contribution in [3.8, 4) is 0 Å². The van der Waals surface area contributed by atoms with Crippen LogP contribution in [0.5, 0.6) is 0 Å². The minimum Gasteiger partial charge on any atom is -0.356 e. The van der Waals surface area contributed by atoms with E-state index in [0.717, 1.165) is 37.5 Å². The lowest BCUT2D eigenvalue weighted by molar-refractivity contribution is 0.0827. The molecule has 0 saturated carbocycles. The molecule has 2 aromatic rings. The van der Waals surface area contributed by atoms with Gasteiger partial charge in [0.25, 0.3) is 5.91 Å². The van der Waals surface area contributed by atoms with Crippen LogP contribution in [-0.4, -0.2) is 60.8 Å². The van der Waals surface area contributed by atoms with Crippen LogP contribution in [0.15, 0.2) is 41.7 Å². The second-order valence-electron chi connectivity index (χ2n) is 6.35. The van der Waals surface area contributed by atoms with E-state index in [4.69, 9.17) is 0 Å². The van der Waals surface area contributed by atoms with Gasteiger partial charge in [0.15, 0.2) is 5.96 Å². The molecule has 27 heavy (non-hydrogen) atoms. The minimum absolute atomic E-state index is 0. The van der Waals surface area contributed by atoms with Crippen LogP contribution in [0.1, 0.15) is 21.5 Å². The summed E-state index contributed by atoms with van der Waals surface area (Å²) in [6.45, 7) is 1.53. The van der Waals surface area contributed by atoms with Crippen LogP contribution >= 0.6 is 24.0 Å². The van der Waals surface area contributed by atoms with Crippen LogP contribution < -0.4 is 10.6 Å². The highest BCUT2D eigenvalue weighted by atomic mass is 127. The van der Waals surface area contributed by atoms with Gasteiger partial charge < -0.3 is 15.5 Å². The van der Waals surface area contributed by atoms with Crippen molar-refractivity contribution >= 4 is 35.8 Å². The quantitative estimate of drug-likeness (QED) is 0.357. The minimum atomic E-state index is 0. The van der Waals surface area contributed by atoms with Crippen molar-refractivity contribution in [3.05, 3.63) is 53.3 Å². The van der Waals surface area contributed by atoms with E-state index in [1.54, 1.807) is 30.7 Å². The van der Waals surface area contributed by atoms with Gasteiger partial charge in [-0.1, -0.05) is 12.1 Å². The number of nitrogens with one attached hydrogen (secondary N) is 2. The number of halogens is 1. The van der Waals surface area contributed by atoms with Crippen LogP contribution in [-0.2, 0) is 19.9 Å². The Hall–Kier alpha value is -2.10. The van der Waals surface area contributed by atoms with Gasteiger partial charge >= 0.3 is 0 Å². The number of hydrogen-bond donors (Lipinski definition) is 2. The third-order valence-electron chi connectivity index (χ3n) is 3.97. The zero-order valence-corrected chi connectivity index (χ0v) is 18.7. The van der Waals surface area contributed by atoms with E-state index in [0.29, 0.717) is 5.56 Å². The SMILES string of the molecule is CN=C(NCCc1cccc(C(=O)N(C)C)c1)NCCc1cnn(C)c1.I. The molecule has 0 unspecified atom stereocenters. The molecule has 1 aromatic carbocycles. The highest BCUT2D eigenvalue weighted by Crippen LogP contribution is 2.07. The molecule has 0 spiro atoms. The molecular weight excluding hydrogens is 455 g/mol. The van der Waals surface area contributed by atoms with E-state index >= 15 is 0 Å². The Morgan fingerprint density at radius 1 is 1.19 bits per heavy atom. The largest absolute Gasteiger partial charge is 0.356 e. The molecule has 0 fully saturated rings. The number of aryl methyl sites for hydroxylation is 1. The van der Waals surface area contributed by atoms with Crippen molar-refractivity contribution in [2.45, 2.75) is 12.8 Å². The number of guanidine groups is 1. The molecule has 0 aliphatic rings. The summed E-state index contributed by atoms with van der Waals surface area (Å²) in [6, 6.07) is 7.75. The topological polar surface area (TPSA) is 74.6 Å². The van der Waals surface area contributed by atoms with Gasteiger partial charge in [0.2, 0.25) is 0 Å². The van der Waals surface area contributed by atoms with E-state index in [9.17, 15) is 4.79 Å². The van der Waals surface area contributed by atoms with Crippen LogP contribution in [0.4, 0.5) is 0 Å². The summed E-state index contributed by atoms with van der Waals surface area (Å²) in [7, 11) is 7.20. The summed E-state index contributed by atoms with van der Waals surface area (Å²) in [4.78, 5) is 17.9. The second kappa shape index (κ2) is 11.6. The Labute approximate surface area is 178 Å². The number of amides is 1. The standard InChI is InChI=1S/C19H28N6O.HI/c1-20-19(22-11-9-16-13-23-25(4)14-16)21-10-8-15-6-5-7-17(12-15)18(26)24(2)3;/h5-7,12-14H,8-11H2,1-4H3,(H2,20,21,22);1H. The zero-order chi connectivity index (χ0) is 18.9. The first-order valence-corrected chi connectivity index (χ1v) is 8.72. The molecule has 148 valence electrons. The molecule has 8 heteroatoms. The number of rotatable bonds is 7. The Kier molecular flexibility index (Phi) is 9.84. The number of aliphatic imine (C=N–C) groups is 1. The van der Waals surface area contributed by atoms with Gasteiger partial charge in [-0.25, -0.2) is 0 Å². The number of aromatic nitrogens is 2. The Balaban J connectivity index is 0.00000364. The third kappa shape index (κ3) is 7.58. The number of carbonyl (C=O) groups excluding carboxylic acids is 1. The molecule has 2 rings (SSSR count). The Morgan fingerprint density at radius 3 is 2.41 bits per heavy atom. The van der Waals surface area contributed by atoms with E-state index in [1.165, 1.54) is 5.56 Å². The van der Waals surface area contributed by atoms with Gasteiger partial charge in [0, 0.05) is 53.0 Å². The number of carbonyl (C=O) groups is 1. The predicted molar refractivity (Wildman–Crippen MR) is 120 cm³/mol. The number of benzene rings is 1. The van der Waals surface area contributed by atoms with Crippen molar-refractivity contribution in [1.82, 2.24) is 25.3 Å². The lowest BCUT2D eigenvalue weighted by Crippen LogP contribution is -2.39. The monoisotopic (exact) mass is 484 g/mol. The van der Waals surface area contributed by atoms with Crippen LogP contribution in [0.3, 0.4) is 0 Å². The summed E-state index contributed by atoms with van der Waals surface area (Å²) >= 11 is 0. The summed E-state index contributed by atoms with van der Waals surface area (Å²) < 4.78 is 1.80. The highest BCUT2D eigenvalue weighted by molar-refractivity contribution is 14.0. The molecule has 0 aliphatic carbocycles. The van der Waals surface area contributed by atoms with E-state index in [1.807, 2.05) is 43.7 Å². The molecule has 0 radical (unpaired) electrons. The maximum atomic E-state index is 12.0. The summed E-state index contributed by atoms with van der Waals surface area (Å²) in [5.74, 6) is 0.794. The maximum Gasteiger partial charge on any atom is 0.253 e.